The molecule has 3 aromatic rings. The molecule has 0 fully saturated rings. The molecular formula is C18H19Cl2N3O. The number of aromatic nitrogens is 2. The van der Waals surface area contributed by atoms with Crippen molar-refractivity contribution in [3.8, 4) is 5.88 Å². The summed E-state index contributed by atoms with van der Waals surface area (Å²) < 4.78 is 7.78. The van der Waals surface area contributed by atoms with Gasteiger partial charge in [0.25, 0.3) is 0 Å². The van der Waals surface area contributed by atoms with Crippen LogP contribution in [0.1, 0.15) is 5.56 Å². The van der Waals surface area contributed by atoms with Crippen molar-refractivity contribution < 1.29 is 4.74 Å². The van der Waals surface area contributed by atoms with Gasteiger partial charge in [0, 0.05) is 16.6 Å². The van der Waals surface area contributed by atoms with E-state index in [-0.39, 0.29) is 0 Å². The van der Waals surface area contributed by atoms with Gasteiger partial charge < -0.3 is 9.64 Å². The predicted molar refractivity (Wildman–Crippen MR) is 99.3 cm³/mol. The lowest BCUT2D eigenvalue weighted by atomic mass is 10.2. The van der Waals surface area contributed by atoms with Gasteiger partial charge in [0.15, 0.2) is 0 Å². The van der Waals surface area contributed by atoms with Crippen molar-refractivity contribution in [1.82, 2.24) is 14.7 Å². The normalized spacial score (nSPS) is 11.4. The molecule has 0 saturated carbocycles. The molecule has 0 N–H and O–H groups in total. The smallest absolute Gasteiger partial charge is 0.240 e. The van der Waals surface area contributed by atoms with E-state index in [1.54, 1.807) is 0 Å². The minimum atomic E-state index is 0.586. The third kappa shape index (κ3) is 4.01. The molecule has 0 atom stereocenters. The molecular weight excluding hydrogens is 345 g/mol. The van der Waals surface area contributed by atoms with E-state index in [9.17, 15) is 0 Å². The average molecular weight is 364 g/mol. The first-order valence-corrected chi connectivity index (χ1v) is 8.46. The number of nitrogens with zero attached hydrogens (tertiary/aromatic N) is 3. The van der Waals surface area contributed by atoms with E-state index in [0.717, 1.165) is 28.0 Å². The van der Waals surface area contributed by atoms with Crippen molar-refractivity contribution in [2.45, 2.75) is 6.54 Å². The number of fused-ring (bicyclic) bond motifs is 1. The van der Waals surface area contributed by atoms with Crippen molar-refractivity contribution in [2.24, 2.45) is 0 Å². The molecule has 2 aromatic carbocycles. The topological polar surface area (TPSA) is 30.3 Å². The van der Waals surface area contributed by atoms with Crippen LogP contribution in [-0.2, 0) is 6.54 Å². The Labute approximate surface area is 151 Å². The van der Waals surface area contributed by atoms with E-state index in [0.29, 0.717) is 24.1 Å². The van der Waals surface area contributed by atoms with Crippen LogP contribution in [-0.4, -0.2) is 41.9 Å². The largest absolute Gasteiger partial charge is 0.475 e. The zero-order valence-corrected chi connectivity index (χ0v) is 15.2. The van der Waals surface area contributed by atoms with Crippen LogP contribution in [0.25, 0.3) is 10.9 Å². The molecule has 0 spiro atoms. The zero-order valence-electron chi connectivity index (χ0n) is 13.7. The van der Waals surface area contributed by atoms with E-state index in [1.165, 1.54) is 0 Å². The summed E-state index contributed by atoms with van der Waals surface area (Å²) in [5, 5.41) is 7.00. The van der Waals surface area contributed by atoms with Crippen molar-refractivity contribution in [1.29, 1.82) is 0 Å². The highest BCUT2D eigenvalue weighted by atomic mass is 35.5. The van der Waals surface area contributed by atoms with Crippen LogP contribution in [0, 0.1) is 0 Å². The van der Waals surface area contributed by atoms with Crippen molar-refractivity contribution in [3.05, 3.63) is 58.1 Å². The summed E-state index contributed by atoms with van der Waals surface area (Å²) in [6, 6.07) is 13.5. The van der Waals surface area contributed by atoms with Crippen LogP contribution in [0.15, 0.2) is 42.5 Å². The fourth-order valence-electron chi connectivity index (χ4n) is 2.43. The van der Waals surface area contributed by atoms with Gasteiger partial charge in [-0.15, -0.1) is 5.10 Å². The Morgan fingerprint density at radius 3 is 2.46 bits per heavy atom. The summed E-state index contributed by atoms with van der Waals surface area (Å²) in [6.07, 6.45) is 0. The highest BCUT2D eigenvalue weighted by molar-refractivity contribution is 6.31. The van der Waals surface area contributed by atoms with Crippen LogP contribution in [0.2, 0.25) is 10.0 Å². The molecule has 0 amide bonds. The molecule has 1 heterocycles. The number of hydrogen-bond donors (Lipinski definition) is 0. The monoisotopic (exact) mass is 363 g/mol. The molecule has 0 unspecified atom stereocenters. The Morgan fingerprint density at radius 2 is 1.75 bits per heavy atom. The standard InChI is InChI=1S/C18H19Cl2N3O/c1-22(2)9-10-24-18-16-8-7-15(20)11-17(16)23(21-18)12-13-3-5-14(19)6-4-13/h3-8,11H,9-10,12H2,1-2H3. The SMILES string of the molecule is CN(C)CCOc1nn(Cc2ccc(Cl)cc2)c2cc(Cl)ccc12. The Hall–Kier alpha value is -1.75. The maximum atomic E-state index is 6.16. The van der Waals surface area contributed by atoms with Gasteiger partial charge in [-0.05, 0) is 50.0 Å². The van der Waals surface area contributed by atoms with E-state index in [2.05, 4.69) is 10.00 Å². The first kappa shape index (κ1) is 17.1. The number of ether oxygens (including phenoxy) is 1. The minimum Gasteiger partial charge on any atom is -0.475 e. The summed E-state index contributed by atoms with van der Waals surface area (Å²) in [5.41, 5.74) is 2.07. The van der Waals surface area contributed by atoms with Crippen molar-refractivity contribution >= 4 is 34.1 Å². The van der Waals surface area contributed by atoms with E-state index in [4.69, 9.17) is 27.9 Å². The van der Waals surface area contributed by atoms with Crippen LogP contribution in [0.3, 0.4) is 0 Å². The number of likely N-dealkylation sites (N-methyl/N-ethyl adjacent to an activating group) is 1. The van der Waals surface area contributed by atoms with Gasteiger partial charge >= 0.3 is 0 Å². The van der Waals surface area contributed by atoms with Crippen molar-refractivity contribution in [3.63, 3.8) is 0 Å². The van der Waals surface area contributed by atoms with Crippen LogP contribution >= 0.6 is 23.2 Å². The Morgan fingerprint density at radius 1 is 1.04 bits per heavy atom. The van der Waals surface area contributed by atoms with Crippen LogP contribution in [0.4, 0.5) is 0 Å². The summed E-state index contributed by atoms with van der Waals surface area (Å²) in [6.45, 7) is 2.05. The molecule has 4 nitrogen and oxygen atoms in total. The Kier molecular flexibility index (Phi) is 5.29. The van der Waals surface area contributed by atoms with Gasteiger partial charge in [-0.1, -0.05) is 35.3 Å². The zero-order chi connectivity index (χ0) is 17.1. The maximum Gasteiger partial charge on any atom is 0.240 e. The predicted octanol–water partition coefficient (Wildman–Crippen LogP) is 4.33. The van der Waals surface area contributed by atoms with Gasteiger partial charge in [-0.2, -0.15) is 0 Å². The fourth-order valence-corrected chi connectivity index (χ4v) is 2.72. The number of benzene rings is 2. The lowest BCUT2D eigenvalue weighted by Crippen LogP contribution is -2.19. The van der Waals surface area contributed by atoms with Crippen LogP contribution in [0.5, 0.6) is 5.88 Å². The van der Waals surface area contributed by atoms with E-state index in [1.807, 2.05) is 61.2 Å². The lowest BCUT2D eigenvalue weighted by molar-refractivity contribution is 0.254. The molecule has 6 heteroatoms. The molecule has 24 heavy (non-hydrogen) atoms. The second-order valence-corrected chi connectivity index (χ2v) is 6.78. The third-order valence-corrected chi connectivity index (χ3v) is 4.19. The molecule has 1 aromatic heterocycles. The first-order chi connectivity index (χ1) is 11.5. The van der Waals surface area contributed by atoms with Gasteiger partial charge in [-0.25, -0.2) is 0 Å². The highest BCUT2D eigenvalue weighted by Crippen LogP contribution is 2.28. The summed E-state index contributed by atoms with van der Waals surface area (Å²) >= 11 is 12.1. The third-order valence-electron chi connectivity index (χ3n) is 3.70. The van der Waals surface area contributed by atoms with E-state index >= 15 is 0 Å². The Bertz CT molecular complexity index is 828. The number of halogens is 2. The quantitative estimate of drug-likeness (QED) is 0.652. The molecule has 0 aliphatic heterocycles. The molecule has 126 valence electrons. The number of hydrogen-bond acceptors (Lipinski definition) is 3. The molecule has 0 saturated heterocycles. The summed E-state index contributed by atoms with van der Waals surface area (Å²) in [4.78, 5) is 2.07. The Balaban J connectivity index is 1.91. The van der Waals surface area contributed by atoms with Crippen LogP contribution < -0.4 is 4.74 Å². The molecule has 0 aliphatic carbocycles. The summed E-state index contributed by atoms with van der Waals surface area (Å²) in [7, 11) is 4.03. The fraction of sp³-hybridized carbons (Fsp3) is 0.278. The minimum absolute atomic E-state index is 0.586. The maximum absolute atomic E-state index is 6.16. The van der Waals surface area contributed by atoms with E-state index < -0.39 is 0 Å². The molecule has 0 bridgehead atoms. The lowest BCUT2D eigenvalue weighted by Gasteiger charge is -2.09. The second kappa shape index (κ2) is 7.43. The molecule has 0 aliphatic rings. The van der Waals surface area contributed by atoms with Crippen molar-refractivity contribution in [2.75, 3.05) is 27.2 Å². The first-order valence-electron chi connectivity index (χ1n) is 7.71. The summed E-state index contributed by atoms with van der Waals surface area (Å²) in [5.74, 6) is 0.637. The number of rotatable bonds is 6. The van der Waals surface area contributed by atoms with Gasteiger partial charge in [0.1, 0.15) is 6.61 Å². The molecule has 0 radical (unpaired) electrons. The van der Waals surface area contributed by atoms with Gasteiger partial charge in [0.05, 0.1) is 17.4 Å². The van der Waals surface area contributed by atoms with Gasteiger partial charge in [0.2, 0.25) is 5.88 Å². The second-order valence-electron chi connectivity index (χ2n) is 5.90. The van der Waals surface area contributed by atoms with Gasteiger partial charge in [-0.3, -0.25) is 4.68 Å². The highest BCUT2D eigenvalue weighted by Gasteiger charge is 2.13. The molecule has 3 rings (SSSR count). The average Bonchev–Trinajstić information content (AvgIpc) is 2.86.